The first-order valence-electron chi connectivity index (χ1n) is 10.2. The fourth-order valence-electron chi connectivity index (χ4n) is 3.92. The van der Waals surface area contributed by atoms with Crippen LogP contribution in [-0.4, -0.2) is 46.3 Å². The molecule has 0 saturated heterocycles. The second-order valence-electron chi connectivity index (χ2n) is 7.71. The quantitative estimate of drug-likeness (QED) is 0.377. The van der Waals surface area contributed by atoms with Crippen molar-refractivity contribution in [3.63, 3.8) is 0 Å². The van der Waals surface area contributed by atoms with Gasteiger partial charge >= 0.3 is 18.3 Å². The van der Waals surface area contributed by atoms with Crippen LogP contribution in [0.5, 0.6) is 0 Å². The van der Waals surface area contributed by atoms with Crippen LogP contribution in [0.1, 0.15) is 22.8 Å². The first kappa shape index (κ1) is 25.0. The first-order valence-corrected chi connectivity index (χ1v) is 10.2. The smallest absolute Gasteiger partial charge is 0.475 e. The Morgan fingerprint density at radius 3 is 2.42 bits per heavy atom. The van der Waals surface area contributed by atoms with Crippen LogP contribution in [0.25, 0.3) is 11.3 Å². The van der Waals surface area contributed by atoms with Crippen molar-refractivity contribution < 1.29 is 45.5 Å². The van der Waals surface area contributed by atoms with Gasteiger partial charge in [-0.25, -0.2) is 4.79 Å². The number of hydrogen-bond donors (Lipinski definition) is 4. The minimum atomic E-state index is -5.08. The Kier molecular flexibility index (Phi) is 6.39. The van der Waals surface area contributed by atoms with Gasteiger partial charge in [0.25, 0.3) is 0 Å². The molecular formula is C22H16F6N4O4. The number of anilines is 1. The topological polar surface area (TPSA) is 120 Å². The van der Waals surface area contributed by atoms with Crippen molar-refractivity contribution in [2.75, 3.05) is 18.4 Å². The summed E-state index contributed by atoms with van der Waals surface area (Å²) in [5.74, 6) is -2.33. The molecule has 5 rings (SSSR count). The van der Waals surface area contributed by atoms with E-state index < -0.39 is 29.8 Å². The zero-order valence-corrected chi connectivity index (χ0v) is 17.9. The molecule has 0 spiro atoms. The number of halogens is 6. The number of carbonyl (C=O) groups excluding carboxylic acids is 1. The summed E-state index contributed by atoms with van der Waals surface area (Å²) in [4.78, 5) is 21.5. The van der Waals surface area contributed by atoms with E-state index in [9.17, 15) is 31.1 Å². The monoisotopic (exact) mass is 514 g/mol. The van der Waals surface area contributed by atoms with E-state index in [2.05, 4.69) is 20.8 Å². The van der Waals surface area contributed by atoms with Crippen molar-refractivity contribution in [2.45, 2.75) is 18.3 Å². The number of hydrogen-bond acceptors (Lipinski definition) is 6. The Bertz CT molecular complexity index is 1340. The fourth-order valence-corrected chi connectivity index (χ4v) is 3.92. The van der Waals surface area contributed by atoms with Crippen LogP contribution in [0.3, 0.4) is 0 Å². The summed E-state index contributed by atoms with van der Waals surface area (Å²) in [6.07, 6.45) is -7.92. The first-order chi connectivity index (χ1) is 16.9. The molecule has 0 fully saturated rings. The van der Waals surface area contributed by atoms with Gasteiger partial charge in [-0.05, 0) is 18.2 Å². The van der Waals surface area contributed by atoms with Gasteiger partial charge in [0.05, 0.1) is 18.0 Å². The number of furan rings is 1. The maximum atomic E-state index is 13.4. The van der Waals surface area contributed by atoms with Crippen LogP contribution < -0.4 is 10.6 Å². The number of ketones is 1. The summed E-state index contributed by atoms with van der Waals surface area (Å²) in [5, 5.41) is 20.2. The molecule has 0 bridgehead atoms. The van der Waals surface area contributed by atoms with Gasteiger partial charge in [0.2, 0.25) is 0 Å². The highest BCUT2D eigenvalue weighted by Crippen LogP contribution is 2.44. The third-order valence-electron chi connectivity index (χ3n) is 5.40. The van der Waals surface area contributed by atoms with E-state index in [4.69, 9.17) is 14.3 Å². The maximum Gasteiger partial charge on any atom is 0.490 e. The zero-order valence-electron chi connectivity index (χ0n) is 17.9. The average Bonchev–Trinajstić information content (AvgIpc) is 3.47. The molecule has 2 aliphatic rings. The van der Waals surface area contributed by atoms with E-state index in [-0.39, 0.29) is 23.7 Å². The van der Waals surface area contributed by atoms with Gasteiger partial charge in [0, 0.05) is 35.1 Å². The zero-order chi connectivity index (χ0) is 26.3. The van der Waals surface area contributed by atoms with E-state index in [1.807, 2.05) is 0 Å². The molecular weight excluding hydrogens is 498 g/mol. The molecule has 8 nitrogen and oxygen atoms in total. The fraction of sp³-hybridized carbons (Fsp3) is 0.227. The summed E-state index contributed by atoms with van der Waals surface area (Å²) in [6, 6.07) is 8.39. The highest BCUT2D eigenvalue weighted by molar-refractivity contribution is 6.02. The van der Waals surface area contributed by atoms with Gasteiger partial charge in [-0.15, -0.1) is 0 Å². The lowest BCUT2D eigenvalue weighted by Crippen LogP contribution is -2.39. The predicted molar refractivity (Wildman–Crippen MR) is 112 cm³/mol. The van der Waals surface area contributed by atoms with Crippen LogP contribution in [-0.2, 0) is 15.8 Å². The number of aromatic nitrogens is 2. The molecule has 1 aromatic carbocycles. The second kappa shape index (κ2) is 9.18. The van der Waals surface area contributed by atoms with Gasteiger partial charge in [-0.1, -0.05) is 18.2 Å². The molecule has 2 aromatic heterocycles. The summed E-state index contributed by atoms with van der Waals surface area (Å²) in [6.45, 7) is 0.656. The highest BCUT2D eigenvalue weighted by atomic mass is 19.4. The minimum absolute atomic E-state index is 0.0431. The Hall–Kier alpha value is -4.07. The van der Waals surface area contributed by atoms with E-state index in [1.54, 1.807) is 12.3 Å². The predicted octanol–water partition coefficient (Wildman–Crippen LogP) is 4.31. The lowest BCUT2D eigenvalue weighted by molar-refractivity contribution is -0.192. The van der Waals surface area contributed by atoms with Crippen molar-refractivity contribution in [3.8, 4) is 11.3 Å². The van der Waals surface area contributed by atoms with Gasteiger partial charge in [0.15, 0.2) is 11.6 Å². The lowest BCUT2D eigenvalue weighted by Gasteiger charge is -2.30. The number of nitrogens with zero attached hydrogens (tertiary/aromatic N) is 1. The molecule has 0 radical (unpaired) electrons. The standard InChI is InChI=1S/C20H15F3N4O2.C2HF3O2/c21-20(22,23)12-4-2-1-3-10(12)15-5-6-16(29-15)17-11-7-25-27-19(11)26-13-8-24-9-14(28)18(13)17;3-2(4,5)1(6)7/h1-7,17,24H,8-9H2,(H2,25,26,27);(H,6,7). The van der Waals surface area contributed by atoms with Gasteiger partial charge in [-0.2, -0.15) is 31.4 Å². The molecule has 0 saturated carbocycles. The summed E-state index contributed by atoms with van der Waals surface area (Å²) in [7, 11) is 0. The largest absolute Gasteiger partial charge is 0.490 e. The summed E-state index contributed by atoms with van der Waals surface area (Å²) >= 11 is 0. The molecule has 1 unspecified atom stereocenters. The number of aliphatic carboxylic acids is 1. The molecule has 190 valence electrons. The Labute approximate surface area is 198 Å². The normalized spacial score (nSPS) is 17.5. The van der Waals surface area contributed by atoms with Crippen molar-refractivity contribution >= 4 is 17.6 Å². The van der Waals surface area contributed by atoms with Crippen LogP contribution in [0, 0.1) is 0 Å². The van der Waals surface area contributed by atoms with Crippen molar-refractivity contribution in [1.29, 1.82) is 0 Å². The number of carbonyl (C=O) groups is 2. The molecule has 2 aliphatic heterocycles. The number of alkyl halides is 6. The van der Waals surface area contributed by atoms with Crippen LogP contribution >= 0.6 is 0 Å². The number of benzene rings is 1. The van der Waals surface area contributed by atoms with Crippen molar-refractivity contribution in [2.24, 2.45) is 0 Å². The second-order valence-corrected chi connectivity index (χ2v) is 7.71. The van der Waals surface area contributed by atoms with Crippen LogP contribution in [0.2, 0.25) is 0 Å². The molecule has 0 aliphatic carbocycles. The molecule has 1 atom stereocenters. The number of Topliss-reactive ketones (excluding diaryl/α,β-unsaturated/α-hetero) is 1. The highest BCUT2D eigenvalue weighted by Gasteiger charge is 2.39. The number of nitrogens with one attached hydrogen (secondary N) is 3. The van der Waals surface area contributed by atoms with Gasteiger partial charge < -0.3 is 20.2 Å². The summed E-state index contributed by atoms with van der Waals surface area (Å²) in [5.41, 5.74) is 1.14. The van der Waals surface area contributed by atoms with E-state index >= 15 is 0 Å². The summed E-state index contributed by atoms with van der Waals surface area (Å²) < 4.78 is 77.8. The third kappa shape index (κ3) is 4.84. The number of H-pyrrole nitrogens is 1. The number of rotatable bonds is 2. The number of aromatic amines is 1. The number of carboxylic acid groups (broad SMARTS) is 1. The number of carboxylic acids is 1. The molecule has 36 heavy (non-hydrogen) atoms. The lowest BCUT2D eigenvalue weighted by atomic mass is 9.82. The third-order valence-corrected chi connectivity index (χ3v) is 5.40. The van der Waals surface area contributed by atoms with Crippen molar-refractivity contribution in [3.05, 3.63) is 70.8 Å². The van der Waals surface area contributed by atoms with Gasteiger partial charge in [0.1, 0.15) is 11.5 Å². The maximum absolute atomic E-state index is 13.4. The van der Waals surface area contributed by atoms with Crippen LogP contribution in [0.15, 0.2) is 58.3 Å². The van der Waals surface area contributed by atoms with E-state index in [0.29, 0.717) is 35.0 Å². The minimum Gasteiger partial charge on any atom is -0.475 e. The molecule has 3 aromatic rings. The van der Waals surface area contributed by atoms with E-state index in [0.717, 1.165) is 6.07 Å². The average molecular weight is 514 g/mol. The Morgan fingerprint density at radius 1 is 1.06 bits per heavy atom. The van der Waals surface area contributed by atoms with E-state index in [1.165, 1.54) is 24.3 Å². The SMILES string of the molecule is O=C(O)C(F)(F)F.O=C1CNCC2=C1C(c1ccc(-c3ccccc3C(F)(F)F)o1)c1c[nH]nc1N2. The molecule has 0 amide bonds. The molecule has 14 heteroatoms. The van der Waals surface area contributed by atoms with Gasteiger partial charge in [-0.3, -0.25) is 9.89 Å². The molecule has 4 N–H and O–H groups in total. The van der Waals surface area contributed by atoms with Crippen molar-refractivity contribution in [1.82, 2.24) is 15.5 Å². The van der Waals surface area contributed by atoms with Crippen LogP contribution in [0.4, 0.5) is 32.2 Å². The number of fused-ring (bicyclic) bond motifs is 1. The molecule has 4 heterocycles. The Balaban J connectivity index is 0.000000384. The Morgan fingerprint density at radius 2 is 1.75 bits per heavy atom.